The number of quaternary nitrogens is 1. The molecule has 4 nitrogen and oxygen atoms in total. The summed E-state index contributed by atoms with van der Waals surface area (Å²) >= 11 is 0. The summed E-state index contributed by atoms with van der Waals surface area (Å²) in [7, 11) is 0. The van der Waals surface area contributed by atoms with Crippen LogP contribution in [0.25, 0.3) is 0 Å². The summed E-state index contributed by atoms with van der Waals surface area (Å²) in [6.07, 6.45) is 3.34. The molecule has 1 aromatic rings. The normalized spacial score (nSPS) is 12.1. The van der Waals surface area contributed by atoms with Gasteiger partial charge in [0.1, 0.15) is 11.8 Å². The van der Waals surface area contributed by atoms with Gasteiger partial charge in [-0.2, -0.15) is 0 Å². The van der Waals surface area contributed by atoms with Gasteiger partial charge < -0.3 is 20.4 Å². The number of carbonyl (C=O) groups excluding carboxylic acids is 1. The molecule has 1 rings (SSSR count). The summed E-state index contributed by atoms with van der Waals surface area (Å²) in [6.45, 7) is 2.88. The molecule has 0 aliphatic heterocycles. The largest absolute Gasteiger partial charge is 0.550 e. The Morgan fingerprint density at radius 2 is 2.00 bits per heavy atom. The molecular weight excluding hydrogens is 230 g/mol. The van der Waals surface area contributed by atoms with E-state index in [2.05, 4.69) is 12.7 Å². The van der Waals surface area contributed by atoms with Crippen molar-refractivity contribution in [3.8, 4) is 5.75 Å². The van der Waals surface area contributed by atoms with Crippen LogP contribution in [0.4, 0.5) is 0 Å². The Bertz CT molecular complexity index is 362. The number of rotatable bonds is 8. The zero-order chi connectivity index (χ0) is 13.4. The van der Waals surface area contributed by atoms with Gasteiger partial charge in [0, 0.05) is 18.0 Å². The van der Waals surface area contributed by atoms with Crippen molar-refractivity contribution in [2.45, 2.75) is 38.6 Å². The van der Waals surface area contributed by atoms with E-state index >= 15 is 0 Å². The molecule has 0 fully saturated rings. The fourth-order valence-electron chi connectivity index (χ4n) is 1.70. The van der Waals surface area contributed by atoms with Crippen LogP contribution < -0.4 is 15.6 Å². The van der Waals surface area contributed by atoms with Gasteiger partial charge in [-0.1, -0.05) is 19.8 Å². The molecule has 0 radical (unpaired) electrons. The molecule has 1 aromatic carbocycles. The topological polar surface area (TPSA) is 77.0 Å². The van der Waals surface area contributed by atoms with Crippen molar-refractivity contribution in [2.75, 3.05) is 6.61 Å². The monoisotopic (exact) mass is 251 g/mol. The van der Waals surface area contributed by atoms with Crippen molar-refractivity contribution in [3.05, 3.63) is 29.8 Å². The van der Waals surface area contributed by atoms with Crippen LogP contribution >= 0.6 is 0 Å². The maximum Gasteiger partial charge on any atom is 0.119 e. The standard InChI is InChI=1S/C14H21NO3/c1-2-3-4-9-18-12-7-5-11(6-8-12)13(15)10-14(16)17/h5-8,13H,2-4,9-10,15H2,1H3,(H,16,17)/t13-/m0/s1. The molecule has 1 atom stereocenters. The number of benzene rings is 1. The molecule has 100 valence electrons. The molecule has 0 amide bonds. The molecule has 0 unspecified atom stereocenters. The first-order valence-electron chi connectivity index (χ1n) is 6.39. The van der Waals surface area contributed by atoms with Crippen LogP contribution in [0, 0.1) is 0 Å². The summed E-state index contributed by atoms with van der Waals surface area (Å²) in [5.41, 5.74) is 4.69. The van der Waals surface area contributed by atoms with Crippen molar-refractivity contribution in [1.82, 2.24) is 0 Å². The van der Waals surface area contributed by atoms with Gasteiger partial charge in [0.15, 0.2) is 0 Å². The Balaban J connectivity index is 2.44. The number of hydrogen-bond acceptors (Lipinski definition) is 3. The van der Waals surface area contributed by atoms with Crippen molar-refractivity contribution in [2.24, 2.45) is 0 Å². The highest BCUT2D eigenvalue weighted by Gasteiger charge is 2.09. The highest BCUT2D eigenvalue weighted by atomic mass is 16.5. The van der Waals surface area contributed by atoms with Crippen LogP contribution in [-0.4, -0.2) is 12.6 Å². The Labute approximate surface area is 108 Å². The first-order chi connectivity index (χ1) is 8.63. The molecule has 3 N–H and O–H groups in total. The Morgan fingerprint density at radius 1 is 1.33 bits per heavy atom. The van der Waals surface area contributed by atoms with Gasteiger partial charge in [-0.3, -0.25) is 0 Å². The number of carboxylic acids is 1. The van der Waals surface area contributed by atoms with Crippen LogP contribution in [0.15, 0.2) is 24.3 Å². The van der Waals surface area contributed by atoms with E-state index in [1.54, 1.807) is 0 Å². The molecule has 18 heavy (non-hydrogen) atoms. The fraction of sp³-hybridized carbons (Fsp3) is 0.500. The summed E-state index contributed by atoms with van der Waals surface area (Å²) in [4.78, 5) is 10.5. The van der Waals surface area contributed by atoms with E-state index in [4.69, 9.17) is 4.74 Å². The second-order valence-electron chi connectivity index (χ2n) is 4.40. The first kappa shape index (κ1) is 14.5. The van der Waals surface area contributed by atoms with Crippen LogP contribution in [0.1, 0.15) is 44.2 Å². The predicted octanol–water partition coefficient (Wildman–Crippen LogP) is 0.679. The molecular formula is C14H21NO3. The molecule has 0 saturated carbocycles. The summed E-state index contributed by atoms with van der Waals surface area (Å²) in [5, 5.41) is 10.5. The Hall–Kier alpha value is -1.55. The minimum Gasteiger partial charge on any atom is -0.550 e. The van der Waals surface area contributed by atoms with Crippen LogP contribution in [0.3, 0.4) is 0 Å². The summed E-state index contributed by atoms with van der Waals surface area (Å²) in [5.74, 6) is -0.259. The number of unbranched alkanes of at least 4 members (excludes halogenated alkanes) is 2. The minimum atomic E-state index is -1.07. The quantitative estimate of drug-likeness (QED) is 0.690. The van der Waals surface area contributed by atoms with Gasteiger partial charge in [0.05, 0.1) is 6.61 Å². The first-order valence-corrected chi connectivity index (χ1v) is 6.39. The average molecular weight is 251 g/mol. The highest BCUT2D eigenvalue weighted by Crippen LogP contribution is 2.17. The van der Waals surface area contributed by atoms with E-state index in [-0.39, 0.29) is 12.5 Å². The van der Waals surface area contributed by atoms with Crippen molar-refractivity contribution >= 4 is 5.97 Å². The van der Waals surface area contributed by atoms with Crippen molar-refractivity contribution < 1.29 is 20.4 Å². The van der Waals surface area contributed by atoms with E-state index in [9.17, 15) is 9.90 Å². The second-order valence-corrected chi connectivity index (χ2v) is 4.40. The third-order valence-electron chi connectivity index (χ3n) is 2.78. The van der Waals surface area contributed by atoms with E-state index in [1.165, 1.54) is 12.8 Å². The fourth-order valence-corrected chi connectivity index (χ4v) is 1.70. The number of ether oxygens (including phenoxy) is 1. The number of carbonyl (C=O) groups is 1. The van der Waals surface area contributed by atoms with Crippen LogP contribution in [0.5, 0.6) is 5.75 Å². The Kier molecular flexibility index (Phi) is 6.22. The van der Waals surface area contributed by atoms with Crippen LogP contribution in [0.2, 0.25) is 0 Å². The molecule has 0 spiro atoms. The molecule has 0 bridgehead atoms. The zero-order valence-electron chi connectivity index (χ0n) is 10.9. The third-order valence-corrected chi connectivity index (χ3v) is 2.78. The lowest BCUT2D eigenvalue weighted by Crippen LogP contribution is -2.55. The molecule has 0 heterocycles. The number of aliphatic carboxylic acids is 1. The maximum atomic E-state index is 10.5. The minimum absolute atomic E-state index is 0.0588. The van der Waals surface area contributed by atoms with E-state index < -0.39 is 5.97 Å². The predicted molar refractivity (Wildman–Crippen MR) is 66.7 cm³/mol. The smallest absolute Gasteiger partial charge is 0.119 e. The zero-order valence-corrected chi connectivity index (χ0v) is 10.9. The van der Waals surface area contributed by atoms with Crippen molar-refractivity contribution in [3.63, 3.8) is 0 Å². The molecule has 0 aromatic heterocycles. The lowest BCUT2D eigenvalue weighted by atomic mass is 10.0. The average Bonchev–Trinajstić information content (AvgIpc) is 2.34. The molecule has 0 saturated heterocycles. The van der Waals surface area contributed by atoms with Gasteiger partial charge in [0.2, 0.25) is 0 Å². The third kappa shape index (κ3) is 5.19. The lowest BCUT2D eigenvalue weighted by molar-refractivity contribution is -0.430. The number of hydrogen-bond donors (Lipinski definition) is 1. The summed E-state index contributed by atoms with van der Waals surface area (Å²) < 4.78 is 5.57. The van der Waals surface area contributed by atoms with Gasteiger partial charge in [-0.25, -0.2) is 0 Å². The second kappa shape index (κ2) is 7.71. The van der Waals surface area contributed by atoms with E-state index in [0.29, 0.717) is 0 Å². The molecule has 4 heteroatoms. The van der Waals surface area contributed by atoms with Gasteiger partial charge in [-0.05, 0) is 30.7 Å². The molecule has 0 aliphatic carbocycles. The van der Waals surface area contributed by atoms with E-state index in [0.717, 1.165) is 24.3 Å². The van der Waals surface area contributed by atoms with Crippen molar-refractivity contribution in [1.29, 1.82) is 0 Å². The van der Waals surface area contributed by atoms with Gasteiger partial charge in [-0.15, -0.1) is 0 Å². The van der Waals surface area contributed by atoms with Crippen LogP contribution in [-0.2, 0) is 4.79 Å². The lowest BCUT2D eigenvalue weighted by Gasteiger charge is -2.11. The highest BCUT2D eigenvalue weighted by molar-refractivity contribution is 5.65. The van der Waals surface area contributed by atoms with E-state index in [1.807, 2.05) is 24.3 Å². The Morgan fingerprint density at radius 3 is 2.56 bits per heavy atom. The van der Waals surface area contributed by atoms with Gasteiger partial charge in [0.25, 0.3) is 0 Å². The summed E-state index contributed by atoms with van der Waals surface area (Å²) in [6, 6.07) is 7.15. The molecule has 0 aliphatic rings. The van der Waals surface area contributed by atoms with Gasteiger partial charge >= 0.3 is 0 Å². The SMILES string of the molecule is CCCCCOc1ccc([C@@H]([NH3+])CC(=O)[O-])cc1. The number of carboxylic acid groups (broad SMARTS) is 1. The maximum absolute atomic E-state index is 10.5.